The molecule has 0 unspecified atom stereocenters. The third kappa shape index (κ3) is 4.48. The Bertz CT molecular complexity index is 1060. The molecule has 2 heterocycles. The molecule has 0 fully saturated rings. The lowest BCUT2D eigenvalue weighted by molar-refractivity contribution is -0.145. The number of ketones is 1. The van der Waals surface area contributed by atoms with Crippen LogP contribution in [0, 0.1) is 13.8 Å². The summed E-state index contributed by atoms with van der Waals surface area (Å²) in [6.07, 6.45) is 1.95. The van der Waals surface area contributed by atoms with Gasteiger partial charge in [-0.05, 0) is 39.0 Å². The number of rotatable bonds is 7. The van der Waals surface area contributed by atoms with Crippen LogP contribution >= 0.6 is 11.8 Å². The maximum atomic E-state index is 12.6. The third-order valence-electron chi connectivity index (χ3n) is 4.86. The minimum absolute atomic E-state index is 0.0153. The van der Waals surface area contributed by atoms with Gasteiger partial charge in [-0.2, -0.15) is 4.98 Å². The number of thioether (sulfide) groups is 1. The Morgan fingerprint density at radius 1 is 1.17 bits per heavy atom. The smallest absolute Gasteiger partial charge is 0.311 e. The summed E-state index contributed by atoms with van der Waals surface area (Å²) >= 11 is 1.43. The van der Waals surface area contributed by atoms with Crippen molar-refractivity contribution in [3.05, 3.63) is 52.3 Å². The van der Waals surface area contributed by atoms with Crippen molar-refractivity contribution in [2.45, 2.75) is 51.8 Å². The van der Waals surface area contributed by atoms with Gasteiger partial charge in [0.25, 0.3) is 5.78 Å². The lowest BCUT2D eigenvalue weighted by Gasteiger charge is -2.14. The van der Waals surface area contributed by atoms with E-state index in [0.717, 1.165) is 23.2 Å². The highest BCUT2D eigenvalue weighted by Gasteiger charge is 2.22. The molecule has 0 amide bonds. The van der Waals surface area contributed by atoms with Crippen molar-refractivity contribution in [1.82, 2.24) is 19.6 Å². The Morgan fingerprint density at radius 2 is 1.86 bits per heavy atom. The fourth-order valence-corrected chi connectivity index (χ4v) is 3.44. The Kier molecular flexibility index (Phi) is 6.32. The Balaban J connectivity index is 1.73. The van der Waals surface area contributed by atoms with Crippen LogP contribution in [0.5, 0.6) is 0 Å². The van der Waals surface area contributed by atoms with E-state index >= 15 is 0 Å². The molecule has 0 saturated heterocycles. The van der Waals surface area contributed by atoms with Gasteiger partial charge in [-0.1, -0.05) is 43.0 Å². The van der Waals surface area contributed by atoms with Crippen molar-refractivity contribution in [2.24, 2.45) is 0 Å². The molecule has 0 aliphatic rings. The summed E-state index contributed by atoms with van der Waals surface area (Å²) in [6.45, 7) is 7.34. The SMILES string of the molecule is CCc1ccc(C(=O)[C@@H](C)OC(=O)Cc2c(C)nc3nc(SC)nn3c2C)cc1. The van der Waals surface area contributed by atoms with Gasteiger partial charge in [0.2, 0.25) is 10.9 Å². The van der Waals surface area contributed by atoms with E-state index in [1.165, 1.54) is 11.8 Å². The van der Waals surface area contributed by atoms with Gasteiger partial charge >= 0.3 is 5.97 Å². The van der Waals surface area contributed by atoms with E-state index in [1.54, 1.807) is 23.6 Å². The Morgan fingerprint density at radius 3 is 2.48 bits per heavy atom. The molecule has 0 N–H and O–H groups in total. The first-order valence-corrected chi connectivity index (χ1v) is 10.7. The number of carbonyl (C=O) groups excluding carboxylic acids is 2. The molecule has 3 aromatic rings. The second-order valence-electron chi connectivity index (χ2n) is 6.80. The van der Waals surface area contributed by atoms with Gasteiger partial charge in [0.05, 0.1) is 6.42 Å². The molecular formula is C21H24N4O3S. The first-order valence-electron chi connectivity index (χ1n) is 9.43. The maximum absolute atomic E-state index is 12.6. The van der Waals surface area contributed by atoms with Crippen molar-refractivity contribution in [2.75, 3.05) is 6.26 Å². The molecule has 29 heavy (non-hydrogen) atoms. The lowest BCUT2D eigenvalue weighted by Crippen LogP contribution is -2.26. The molecule has 0 spiro atoms. The van der Waals surface area contributed by atoms with Crippen LogP contribution < -0.4 is 0 Å². The van der Waals surface area contributed by atoms with E-state index in [9.17, 15) is 9.59 Å². The normalized spacial score (nSPS) is 12.2. The summed E-state index contributed by atoms with van der Waals surface area (Å²) in [5, 5.41) is 5.00. The molecular weight excluding hydrogens is 388 g/mol. The van der Waals surface area contributed by atoms with Gasteiger partial charge < -0.3 is 4.74 Å². The molecule has 0 saturated carbocycles. The summed E-state index contributed by atoms with van der Waals surface area (Å²) in [5.41, 5.74) is 3.89. The van der Waals surface area contributed by atoms with Crippen LogP contribution in [0.4, 0.5) is 0 Å². The molecule has 7 nitrogen and oxygen atoms in total. The molecule has 1 atom stereocenters. The number of hydrogen-bond donors (Lipinski definition) is 0. The average molecular weight is 413 g/mol. The third-order valence-corrected chi connectivity index (χ3v) is 5.40. The fourth-order valence-electron chi connectivity index (χ4n) is 3.11. The van der Waals surface area contributed by atoms with Crippen LogP contribution in [0.25, 0.3) is 5.78 Å². The number of hydrogen-bond acceptors (Lipinski definition) is 7. The standard InChI is InChI=1S/C21H24N4O3S/c1-6-15-7-9-16(10-8-15)19(27)14(4)28-18(26)11-17-12(2)22-20-23-21(29-5)24-25(20)13(17)3/h7-10,14H,6,11H2,1-5H3/t14-/m1/s1. The van der Waals surface area contributed by atoms with Gasteiger partial charge in [-0.3, -0.25) is 9.59 Å². The van der Waals surface area contributed by atoms with Gasteiger partial charge in [0.1, 0.15) is 0 Å². The molecule has 2 aromatic heterocycles. The van der Waals surface area contributed by atoms with E-state index in [0.29, 0.717) is 22.2 Å². The highest BCUT2D eigenvalue weighted by Crippen LogP contribution is 2.18. The first kappa shape index (κ1) is 21.0. The number of fused-ring (bicyclic) bond motifs is 1. The molecule has 3 rings (SSSR count). The molecule has 0 radical (unpaired) electrons. The van der Waals surface area contributed by atoms with E-state index < -0.39 is 12.1 Å². The van der Waals surface area contributed by atoms with Crippen LogP contribution in [-0.4, -0.2) is 43.7 Å². The number of ether oxygens (including phenoxy) is 1. The van der Waals surface area contributed by atoms with Gasteiger partial charge in [0, 0.05) is 22.5 Å². The van der Waals surface area contributed by atoms with Gasteiger partial charge in [-0.15, -0.1) is 5.10 Å². The van der Waals surface area contributed by atoms with Crippen LogP contribution in [0.3, 0.4) is 0 Å². The number of nitrogens with zero attached hydrogens (tertiary/aromatic N) is 4. The summed E-state index contributed by atoms with van der Waals surface area (Å²) < 4.78 is 7.04. The molecule has 152 valence electrons. The number of aromatic nitrogens is 4. The second-order valence-corrected chi connectivity index (χ2v) is 7.57. The van der Waals surface area contributed by atoms with Crippen LogP contribution in [-0.2, 0) is 22.4 Å². The topological polar surface area (TPSA) is 86.5 Å². The first-order chi connectivity index (χ1) is 13.8. The molecule has 0 aliphatic heterocycles. The van der Waals surface area contributed by atoms with Crippen molar-refractivity contribution >= 4 is 29.3 Å². The highest BCUT2D eigenvalue weighted by atomic mass is 32.2. The maximum Gasteiger partial charge on any atom is 0.311 e. The van der Waals surface area contributed by atoms with E-state index in [4.69, 9.17) is 4.74 Å². The van der Waals surface area contributed by atoms with Crippen LogP contribution in [0.15, 0.2) is 29.4 Å². The molecule has 8 heteroatoms. The quantitative estimate of drug-likeness (QED) is 0.334. The van der Waals surface area contributed by atoms with Crippen molar-refractivity contribution in [3.8, 4) is 0 Å². The van der Waals surface area contributed by atoms with Crippen LogP contribution in [0.2, 0.25) is 0 Å². The van der Waals surface area contributed by atoms with Crippen molar-refractivity contribution in [1.29, 1.82) is 0 Å². The summed E-state index contributed by atoms with van der Waals surface area (Å²) in [4.78, 5) is 33.8. The predicted molar refractivity (Wildman–Crippen MR) is 111 cm³/mol. The monoisotopic (exact) mass is 412 g/mol. The van der Waals surface area contributed by atoms with Gasteiger partial charge in [-0.25, -0.2) is 9.50 Å². The number of esters is 1. The summed E-state index contributed by atoms with van der Waals surface area (Å²) in [5.74, 6) is -0.196. The van der Waals surface area contributed by atoms with Gasteiger partial charge in [0.15, 0.2) is 6.10 Å². The second kappa shape index (κ2) is 8.73. The number of benzene rings is 1. The zero-order chi connectivity index (χ0) is 21.1. The fraction of sp³-hybridized carbons (Fsp3) is 0.381. The number of Topliss-reactive ketones (excluding diaryl/α,β-unsaturated/α-hetero) is 1. The summed E-state index contributed by atoms with van der Waals surface area (Å²) in [6, 6.07) is 7.37. The average Bonchev–Trinajstić information content (AvgIpc) is 3.13. The van der Waals surface area contributed by atoms with Crippen molar-refractivity contribution in [3.63, 3.8) is 0 Å². The van der Waals surface area contributed by atoms with Crippen molar-refractivity contribution < 1.29 is 14.3 Å². The van der Waals surface area contributed by atoms with Crippen LogP contribution in [0.1, 0.15) is 46.7 Å². The number of aryl methyl sites for hydroxylation is 3. The number of carbonyl (C=O) groups is 2. The van der Waals surface area contributed by atoms with E-state index in [1.807, 2.05) is 32.2 Å². The Hall–Kier alpha value is -2.74. The molecule has 0 bridgehead atoms. The molecule has 0 aliphatic carbocycles. The molecule has 1 aromatic carbocycles. The largest absolute Gasteiger partial charge is 0.454 e. The zero-order valence-electron chi connectivity index (χ0n) is 17.2. The highest BCUT2D eigenvalue weighted by molar-refractivity contribution is 7.98. The summed E-state index contributed by atoms with van der Waals surface area (Å²) in [7, 11) is 0. The minimum atomic E-state index is -0.859. The predicted octanol–water partition coefficient (Wildman–Crippen LogP) is 3.38. The lowest BCUT2D eigenvalue weighted by atomic mass is 10.0. The minimum Gasteiger partial charge on any atom is -0.454 e. The zero-order valence-corrected chi connectivity index (χ0v) is 18.0. The Labute approximate surface area is 173 Å². The van der Waals surface area contributed by atoms with E-state index in [-0.39, 0.29) is 12.2 Å². The van der Waals surface area contributed by atoms with E-state index in [2.05, 4.69) is 22.0 Å².